The fourth-order valence-electron chi connectivity index (χ4n) is 3.46. The average Bonchev–Trinajstić information content (AvgIpc) is 2.77. The second-order valence-electron chi connectivity index (χ2n) is 6.95. The van der Waals surface area contributed by atoms with Gasteiger partial charge in [0.15, 0.2) is 0 Å². The Bertz CT molecular complexity index is 678. The Balaban J connectivity index is 1.67. The molecule has 6 heteroatoms. The highest BCUT2D eigenvalue weighted by Gasteiger charge is 2.52. The van der Waals surface area contributed by atoms with Crippen LogP contribution < -0.4 is 10.6 Å². The summed E-state index contributed by atoms with van der Waals surface area (Å²) in [6, 6.07) is 6.93. The molecule has 4 amide bonds. The van der Waals surface area contributed by atoms with Crippen molar-refractivity contribution in [1.82, 2.24) is 10.2 Å². The molecule has 1 aliphatic heterocycles. The Labute approximate surface area is 141 Å². The van der Waals surface area contributed by atoms with Crippen LogP contribution in [0.25, 0.3) is 0 Å². The lowest BCUT2D eigenvalue weighted by Crippen LogP contribution is -2.49. The van der Waals surface area contributed by atoms with Gasteiger partial charge >= 0.3 is 6.03 Å². The third-order valence-electron chi connectivity index (χ3n) is 5.09. The molecule has 0 radical (unpaired) electrons. The minimum atomic E-state index is -0.799. The molecule has 1 aliphatic carbocycles. The van der Waals surface area contributed by atoms with Gasteiger partial charge in [0.05, 0.1) is 0 Å². The Hall–Kier alpha value is -2.37. The van der Waals surface area contributed by atoms with Crippen LogP contribution in [-0.4, -0.2) is 34.8 Å². The first-order valence-corrected chi connectivity index (χ1v) is 8.41. The number of para-hydroxylation sites is 1. The van der Waals surface area contributed by atoms with Gasteiger partial charge in [-0.25, -0.2) is 4.79 Å². The molecule has 1 saturated heterocycles. The zero-order valence-electron chi connectivity index (χ0n) is 14.1. The van der Waals surface area contributed by atoms with E-state index in [0.717, 1.165) is 23.3 Å². The number of amides is 4. The number of nitrogens with one attached hydrogen (secondary N) is 2. The van der Waals surface area contributed by atoms with E-state index in [9.17, 15) is 14.4 Å². The molecular weight excluding hydrogens is 306 g/mol. The van der Waals surface area contributed by atoms with E-state index in [0.29, 0.717) is 24.4 Å². The summed E-state index contributed by atoms with van der Waals surface area (Å²) in [7, 11) is 0. The number of hydrogen-bond acceptors (Lipinski definition) is 3. The Morgan fingerprint density at radius 1 is 1.29 bits per heavy atom. The molecule has 2 aliphatic rings. The van der Waals surface area contributed by atoms with Crippen LogP contribution in [0.1, 0.15) is 38.2 Å². The lowest BCUT2D eigenvalue weighted by Gasteiger charge is -2.33. The van der Waals surface area contributed by atoms with E-state index in [1.165, 1.54) is 0 Å². The molecule has 6 nitrogen and oxygen atoms in total. The fourth-order valence-corrected chi connectivity index (χ4v) is 3.46. The molecule has 1 heterocycles. The lowest BCUT2D eigenvalue weighted by molar-refractivity contribution is -0.135. The van der Waals surface area contributed by atoms with Crippen LogP contribution in [0.3, 0.4) is 0 Å². The number of carbonyl (C=O) groups excluding carboxylic acids is 3. The summed E-state index contributed by atoms with van der Waals surface area (Å²) in [5.74, 6) is -0.0629. The maximum Gasteiger partial charge on any atom is 0.325 e. The predicted octanol–water partition coefficient (Wildman–Crippen LogP) is 2.43. The maximum absolute atomic E-state index is 12.7. The van der Waals surface area contributed by atoms with Crippen molar-refractivity contribution in [3.05, 3.63) is 29.8 Å². The summed E-state index contributed by atoms with van der Waals surface area (Å²) in [6.45, 7) is 3.79. The Morgan fingerprint density at radius 2 is 1.96 bits per heavy atom. The van der Waals surface area contributed by atoms with Crippen LogP contribution in [0.15, 0.2) is 24.3 Å². The van der Waals surface area contributed by atoms with Crippen molar-refractivity contribution < 1.29 is 14.4 Å². The number of hydrogen-bond donors (Lipinski definition) is 2. The number of carbonyl (C=O) groups is 3. The summed E-state index contributed by atoms with van der Waals surface area (Å²) in [5.41, 5.74) is 0.823. The van der Waals surface area contributed by atoms with Gasteiger partial charge in [-0.3, -0.25) is 14.5 Å². The zero-order valence-corrected chi connectivity index (χ0v) is 14.1. The number of aryl methyl sites for hydroxylation is 1. The Morgan fingerprint density at radius 3 is 2.62 bits per heavy atom. The van der Waals surface area contributed by atoms with E-state index in [1.807, 2.05) is 25.1 Å². The number of imide groups is 1. The second-order valence-corrected chi connectivity index (χ2v) is 6.95. The van der Waals surface area contributed by atoms with Crippen LogP contribution in [-0.2, 0) is 9.59 Å². The topological polar surface area (TPSA) is 78.5 Å². The van der Waals surface area contributed by atoms with E-state index in [-0.39, 0.29) is 18.4 Å². The number of urea groups is 1. The summed E-state index contributed by atoms with van der Waals surface area (Å²) < 4.78 is 0. The minimum absolute atomic E-state index is 0.254. The van der Waals surface area contributed by atoms with Crippen LogP contribution in [0, 0.1) is 12.8 Å². The van der Waals surface area contributed by atoms with E-state index >= 15 is 0 Å². The zero-order chi connectivity index (χ0) is 17.3. The van der Waals surface area contributed by atoms with Crippen molar-refractivity contribution in [2.24, 2.45) is 5.92 Å². The molecule has 0 aromatic heterocycles. The molecular formula is C18H23N3O3. The number of nitrogens with zero attached hydrogens (tertiary/aromatic N) is 1. The first-order valence-electron chi connectivity index (χ1n) is 8.41. The molecule has 1 saturated carbocycles. The molecule has 1 aromatic rings. The van der Waals surface area contributed by atoms with Gasteiger partial charge in [-0.1, -0.05) is 25.1 Å². The smallest absolute Gasteiger partial charge is 0.324 e. The van der Waals surface area contributed by atoms with Gasteiger partial charge in [-0.15, -0.1) is 0 Å². The van der Waals surface area contributed by atoms with Gasteiger partial charge in [-0.2, -0.15) is 0 Å². The van der Waals surface area contributed by atoms with Crippen LogP contribution in [0.2, 0.25) is 0 Å². The van der Waals surface area contributed by atoms with Crippen LogP contribution >= 0.6 is 0 Å². The molecule has 24 heavy (non-hydrogen) atoms. The molecule has 128 valence electrons. The van der Waals surface area contributed by atoms with Gasteiger partial charge < -0.3 is 10.6 Å². The number of rotatable bonds is 3. The first-order chi connectivity index (χ1) is 11.4. The molecule has 0 atom stereocenters. The highest BCUT2D eigenvalue weighted by molar-refractivity contribution is 6.10. The van der Waals surface area contributed by atoms with E-state index in [4.69, 9.17) is 0 Å². The summed E-state index contributed by atoms with van der Waals surface area (Å²) in [4.78, 5) is 38.2. The maximum atomic E-state index is 12.7. The third kappa shape index (κ3) is 3.00. The summed E-state index contributed by atoms with van der Waals surface area (Å²) in [6.07, 6.45) is 3.12. The van der Waals surface area contributed by atoms with Crippen molar-refractivity contribution in [3.8, 4) is 0 Å². The van der Waals surface area contributed by atoms with Crippen LogP contribution in [0.5, 0.6) is 0 Å². The van der Waals surface area contributed by atoms with Gasteiger partial charge in [-0.05, 0) is 50.2 Å². The van der Waals surface area contributed by atoms with Gasteiger partial charge in [0.1, 0.15) is 12.1 Å². The number of benzene rings is 1. The van der Waals surface area contributed by atoms with Crippen molar-refractivity contribution in [1.29, 1.82) is 0 Å². The molecule has 2 fully saturated rings. The first kappa shape index (κ1) is 16.5. The minimum Gasteiger partial charge on any atom is -0.324 e. The average molecular weight is 329 g/mol. The monoisotopic (exact) mass is 329 g/mol. The van der Waals surface area contributed by atoms with Crippen molar-refractivity contribution >= 4 is 23.5 Å². The standard InChI is InChI=1S/C18H23N3O3/c1-12-7-9-18(10-8-12)16(23)21(17(24)20-18)11-15(22)19-14-6-4-3-5-13(14)2/h3-6,12H,7-11H2,1-2H3,(H,19,22)(H,20,24). The summed E-state index contributed by atoms with van der Waals surface area (Å²) in [5, 5.41) is 5.59. The van der Waals surface area contributed by atoms with E-state index in [2.05, 4.69) is 17.6 Å². The highest BCUT2D eigenvalue weighted by atomic mass is 16.2. The normalized spacial score (nSPS) is 26.6. The SMILES string of the molecule is Cc1ccccc1NC(=O)CN1C(=O)NC2(CCC(C)CC2)C1=O. The molecule has 0 unspecified atom stereocenters. The van der Waals surface area contributed by atoms with E-state index < -0.39 is 11.6 Å². The lowest BCUT2D eigenvalue weighted by atomic mass is 9.77. The van der Waals surface area contributed by atoms with Crippen molar-refractivity contribution in [2.75, 3.05) is 11.9 Å². The molecule has 0 bridgehead atoms. The second kappa shape index (κ2) is 6.26. The number of anilines is 1. The van der Waals surface area contributed by atoms with Gasteiger partial charge in [0.2, 0.25) is 5.91 Å². The van der Waals surface area contributed by atoms with Gasteiger partial charge in [0.25, 0.3) is 5.91 Å². The van der Waals surface area contributed by atoms with Crippen molar-refractivity contribution in [3.63, 3.8) is 0 Å². The van der Waals surface area contributed by atoms with Gasteiger partial charge in [0, 0.05) is 5.69 Å². The quantitative estimate of drug-likeness (QED) is 0.836. The fraction of sp³-hybridized carbons (Fsp3) is 0.500. The predicted molar refractivity (Wildman–Crippen MR) is 90.4 cm³/mol. The molecule has 1 aromatic carbocycles. The summed E-state index contributed by atoms with van der Waals surface area (Å²) >= 11 is 0. The van der Waals surface area contributed by atoms with Crippen molar-refractivity contribution in [2.45, 2.75) is 45.1 Å². The molecule has 1 spiro atoms. The highest BCUT2D eigenvalue weighted by Crippen LogP contribution is 2.36. The molecule has 2 N–H and O–H groups in total. The molecule has 3 rings (SSSR count). The largest absolute Gasteiger partial charge is 0.325 e. The van der Waals surface area contributed by atoms with E-state index in [1.54, 1.807) is 6.07 Å². The third-order valence-corrected chi connectivity index (χ3v) is 5.09. The Kier molecular flexibility index (Phi) is 4.30. The van der Waals surface area contributed by atoms with Crippen LogP contribution in [0.4, 0.5) is 10.5 Å².